The molecule has 0 bridgehead atoms. The standard InChI is InChI=1S/C15H18INO2/c1-10-4-2-5-11(14(10)16)15(18)17-8-9-19-13-7-3-6-12(13)17/h2,4-5,12-13H,3,6-9H2,1H3. The van der Waals surface area contributed by atoms with E-state index in [2.05, 4.69) is 35.6 Å². The molecule has 3 nitrogen and oxygen atoms in total. The number of carbonyl (C=O) groups is 1. The molecule has 1 saturated carbocycles. The van der Waals surface area contributed by atoms with Crippen molar-refractivity contribution >= 4 is 28.5 Å². The highest BCUT2D eigenvalue weighted by atomic mass is 127. The number of morpholine rings is 1. The van der Waals surface area contributed by atoms with Crippen LogP contribution >= 0.6 is 22.6 Å². The maximum absolute atomic E-state index is 12.8. The zero-order chi connectivity index (χ0) is 13.4. The summed E-state index contributed by atoms with van der Waals surface area (Å²) in [7, 11) is 0. The Morgan fingerprint density at radius 2 is 2.26 bits per heavy atom. The first kappa shape index (κ1) is 13.4. The van der Waals surface area contributed by atoms with E-state index in [4.69, 9.17) is 4.74 Å². The Morgan fingerprint density at radius 3 is 3.11 bits per heavy atom. The SMILES string of the molecule is Cc1cccc(C(=O)N2CCOC3CCCC32)c1I. The highest BCUT2D eigenvalue weighted by Gasteiger charge is 2.38. The van der Waals surface area contributed by atoms with Crippen LogP contribution in [0, 0.1) is 10.5 Å². The summed E-state index contributed by atoms with van der Waals surface area (Å²) in [6.45, 7) is 3.45. The first-order chi connectivity index (χ1) is 9.18. The molecule has 1 aliphatic carbocycles. The fourth-order valence-electron chi connectivity index (χ4n) is 3.15. The molecule has 19 heavy (non-hydrogen) atoms. The average molecular weight is 371 g/mol. The van der Waals surface area contributed by atoms with Crippen molar-refractivity contribution in [1.82, 2.24) is 4.90 Å². The number of hydrogen-bond acceptors (Lipinski definition) is 2. The van der Waals surface area contributed by atoms with Crippen molar-refractivity contribution in [3.63, 3.8) is 0 Å². The molecule has 2 unspecified atom stereocenters. The largest absolute Gasteiger partial charge is 0.374 e. The van der Waals surface area contributed by atoms with Crippen LogP contribution in [0.2, 0.25) is 0 Å². The minimum absolute atomic E-state index is 0.174. The summed E-state index contributed by atoms with van der Waals surface area (Å²) in [5, 5.41) is 0. The van der Waals surface area contributed by atoms with Crippen LogP contribution in [0.25, 0.3) is 0 Å². The lowest BCUT2D eigenvalue weighted by Crippen LogP contribution is -2.51. The summed E-state index contributed by atoms with van der Waals surface area (Å²) < 4.78 is 6.85. The number of benzene rings is 1. The lowest BCUT2D eigenvalue weighted by Gasteiger charge is -2.38. The molecular weight excluding hydrogens is 353 g/mol. The number of nitrogens with zero attached hydrogens (tertiary/aromatic N) is 1. The molecule has 102 valence electrons. The zero-order valence-electron chi connectivity index (χ0n) is 11.1. The van der Waals surface area contributed by atoms with Crippen LogP contribution in [-0.2, 0) is 4.74 Å². The molecular formula is C15H18INO2. The minimum atomic E-state index is 0.174. The third-order valence-corrected chi connectivity index (χ3v) is 5.60. The van der Waals surface area contributed by atoms with Gasteiger partial charge in [-0.05, 0) is 60.4 Å². The summed E-state index contributed by atoms with van der Waals surface area (Å²) in [6, 6.07) is 6.25. The van der Waals surface area contributed by atoms with Gasteiger partial charge in [0.05, 0.1) is 24.3 Å². The Morgan fingerprint density at radius 1 is 1.42 bits per heavy atom. The van der Waals surface area contributed by atoms with Crippen LogP contribution in [0.1, 0.15) is 35.2 Å². The molecule has 0 aromatic heterocycles. The van der Waals surface area contributed by atoms with Gasteiger partial charge in [0.2, 0.25) is 0 Å². The van der Waals surface area contributed by atoms with Crippen molar-refractivity contribution in [3.8, 4) is 0 Å². The number of carbonyl (C=O) groups excluding carboxylic acids is 1. The Kier molecular flexibility index (Phi) is 3.80. The molecule has 2 fully saturated rings. The molecule has 1 aromatic carbocycles. The van der Waals surface area contributed by atoms with E-state index >= 15 is 0 Å². The molecule has 2 aliphatic rings. The predicted octanol–water partition coefficient (Wildman–Crippen LogP) is 2.99. The number of ether oxygens (including phenoxy) is 1. The molecule has 1 aliphatic heterocycles. The minimum Gasteiger partial charge on any atom is -0.374 e. The smallest absolute Gasteiger partial charge is 0.255 e. The van der Waals surface area contributed by atoms with Crippen LogP contribution in [0.5, 0.6) is 0 Å². The number of fused-ring (bicyclic) bond motifs is 1. The Balaban J connectivity index is 1.88. The molecule has 1 amide bonds. The van der Waals surface area contributed by atoms with Crippen LogP contribution in [0.4, 0.5) is 0 Å². The van der Waals surface area contributed by atoms with Crippen molar-refractivity contribution in [3.05, 3.63) is 32.9 Å². The van der Waals surface area contributed by atoms with Gasteiger partial charge < -0.3 is 9.64 Å². The Hall–Kier alpha value is -0.620. The van der Waals surface area contributed by atoms with Gasteiger partial charge in [0.25, 0.3) is 5.91 Å². The van der Waals surface area contributed by atoms with E-state index in [0.717, 1.165) is 28.5 Å². The number of hydrogen-bond donors (Lipinski definition) is 0. The predicted molar refractivity (Wildman–Crippen MR) is 82.3 cm³/mol. The molecule has 0 radical (unpaired) electrons. The average Bonchev–Trinajstić information content (AvgIpc) is 2.89. The van der Waals surface area contributed by atoms with E-state index in [1.165, 1.54) is 12.0 Å². The molecule has 1 heterocycles. The number of amides is 1. The Bertz CT molecular complexity index is 503. The fourth-order valence-corrected chi connectivity index (χ4v) is 3.74. The maximum Gasteiger partial charge on any atom is 0.255 e. The molecule has 1 saturated heterocycles. The maximum atomic E-state index is 12.8. The van der Waals surface area contributed by atoms with Gasteiger partial charge in [0, 0.05) is 10.1 Å². The number of rotatable bonds is 1. The van der Waals surface area contributed by atoms with Gasteiger partial charge >= 0.3 is 0 Å². The van der Waals surface area contributed by atoms with Gasteiger partial charge in [-0.1, -0.05) is 12.1 Å². The van der Waals surface area contributed by atoms with Crippen molar-refractivity contribution in [2.45, 2.75) is 38.3 Å². The van der Waals surface area contributed by atoms with E-state index in [0.29, 0.717) is 6.61 Å². The van der Waals surface area contributed by atoms with Gasteiger partial charge in [-0.2, -0.15) is 0 Å². The first-order valence-corrected chi connectivity index (χ1v) is 7.94. The van der Waals surface area contributed by atoms with E-state index in [1.807, 2.05) is 17.0 Å². The normalized spacial score (nSPS) is 26.3. The molecule has 0 N–H and O–H groups in total. The van der Waals surface area contributed by atoms with E-state index in [-0.39, 0.29) is 18.1 Å². The third-order valence-electron chi connectivity index (χ3n) is 4.17. The summed E-state index contributed by atoms with van der Waals surface area (Å²) in [5.74, 6) is 0.174. The molecule has 2 atom stereocenters. The summed E-state index contributed by atoms with van der Waals surface area (Å²) in [5.41, 5.74) is 2.01. The summed E-state index contributed by atoms with van der Waals surface area (Å²) in [4.78, 5) is 14.8. The molecule has 3 rings (SSSR count). The Labute approximate surface area is 127 Å². The van der Waals surface area contributed by atoms with E-state index in [1.54, 1.807) is 0 Å². The van der Waals surface area contributed by atoms with Gasteiger partial charge in [0.15, 0.2) is 0 Å². The summed E-state index contributed by atoms with van der Waals surface area (Å²) >= 11 is 2.28. The van der Waals surface area contributed by atoms with Crippen molar-refractivity contribution in [2.24, 2.45) is 0 Å². The highest BCUT2D eigenvalue weighted by molar-refractivity contribution is 14.1. The molecule has 0 spiro atoms. The van der Waals surface area contributed by atoms with Crippen molar-refractivity contribution in [2.75, 3.05) is 13.2 Å². The molecule has 4 heteroatoms. The third kappa shape index (κ3) is 2.40. The second-order valence-electron chi connectivity index (χ2n) is 5.34. The summed E-state index contributed by atoms with van der Waals surface area (Å²) in [6.07, 6.45) is 3.61. The first-order valence-electron chi connectivity index (χ1n) is 6.86. The van der Waals surface area contributed by atoms with Crippen LogP contribution < -0.4 is 0 Å². The highest BCUT2D eigenvalue weighted by Crippen LogP contribution is 2.31. The van der Waals surface area contributed by atoms with Crippen LogP contribution in [-0.4, -0.2) is 36.1 Å². The van der Waals surface area contributed by atoms with Gasteiger partial charge in [-0.3, -0.25) is 4.79 Å². The monoisotopic (exact) mass is 371 g/mol. The lowest BCUT2D eigenvalue weighted by atomic mass is 10.1. The van der Waals surface area contributed by atoms with Crippen molar-refractivity contribution < 1.29 is 9.53 Å². The van der Waals surface area contributed by atoms with Gasteiger partial charge in [0.1, 0.15) is 0 Å². The van der Waals surface area contributed by atoms with Gasteiger partial charge in [-0.15, -0.1) is 0 Å². The van der Waals surface area contributed by atoms with Crippen LogP contribution in [0.3, 0.4) is 0 Å². The van der Waals surface area contributed by atoms with Crippen LogP contribution in [0.15, 0.2) is 18.2 Å². The molecule has 1 aromatic rings. The second-order valence-corrected chi connectivity index (χ2v) is 6.42. The van der Waals surface area contributed by atoms with E-state index < -0.39 is 0 Å². The quantitative estimate of drug-likeness (QED) is 0.711. The number of halogens is 1. The van der Waals surface area contributed by atoms with Crippen molar-refractivity contribution in [1.29, 1.82) is 0 Å². The van der Waals surface area contributed by atoms with Gasteiger partial charge in [-0.25, -0.2) is 0 Å². The zero-order valence-corrected chi connectivity index (χ0v) is 13.2. The topological polar surface area (TPSA) is 29.5 Å². The lowest BCUT2D eigenvalue weighted by molar-refractivity contribution is -0.0445. The second kappa shape index (κ2) is 5.40. The number of aryl methyl sites for hydroxylation is 1. The van der Waals surface area contributed by atoms with E-state index in [9.17, 15) is 4.79 Å². The fraction of sp³-hybridized carbons (Fsp3) is 0.533.